The fraction of sp³-hybridized carbons (Fsp3) is 0.571. The molecule has 1 atom stereocenters. The largest absolute Gasteiger partial charge is 0.357 e. The number of benzene rings is 1. The number of aryl methyl sites for hydroxylation is 2. The van der Waals surface area contributed by atoms with Gasteiger partial charge >= 0.3 is 6.03 Å². The Kier molecular flexibility index (Phi) is 7.90. The molecule has 2 aliphatic rings. The lowest BCUT2D eigenvalue weighted by atomic mass is 9.79. The molecule has 3 rings (SSSR count). The van der Waals surface area contributed by atoms with Crippen LogP contribution in [0, 0.1) is 19.8 Å². The molecule has 0 bridgehead atoms. The molecule has 0 aliphatic carbocycles. The van der Waals surface area contributed by atoms with E-state index in [0.717, 1.165) is 38.4 Å². The summed E-state index contributed by atoms with van der Waals surface area (Å²) in [6.07, 6.45) is 1.66. The van der Waals surface area contributed by atoms with Crippen molar-refractivity contribution < 1.29 is 9.59 Å². The molecule has 3 amide bonds. The first-order valence-corrected chi connectivity index (χ1v) is 10.1. The molecular formula is C21H32IN5O2. The van der Waals surface area contributed by atoms with Crippen LogP contribution in [0.2, 0.25) is 0 Å². The van der Waals surface area contributed by atoms with Crippen LogP contribution in [-0.4, -0.2) is 48.0 Å². The summed E-state index contributed by atoms with van der Waals surface area (Å²) in [6.45, 7) is 11.2. The topological polar surface area (TPSA) is 85.8 Å². The van der Waals surface area contributed by atoms with Gasteiger partial charge in [-0.3, -0.25) is 10.1 Å². The maximum atomic E-state index is 12.2. The zero-order chi connectivity index (χ0) is 20.3. The second kappa shape index (κ2) is 9.77. The predicted octanol–water partition coefficient (Wildman–Crippen LogP) is 2.70. The van der Waals surface area contributed by atoms with E-state index >= 15 is 0 Å². The zero-order valence-corrected chi connectivity index (χ0v) is 20.0. The molecule has 2 fully saturated rings. The molecule has 29 heavy (non-hydrogen) atoms. The summed E-state index contributed by atoms with van der Waals surface area (Å²) in [6, 6.07) is 6.06. The summed E-state index contributed by atoms with van der Waals surface area (Å²) < 4.78 is 0. The molecule has 0 aromatic heterocycles. The van der Waals surface area contributed by atoms with Gasteiger partial charge in [0.05, 0.1) is 6.54 Å². The van der Waals surface area contributed by atoms with Gasteiger partial charge in [0.1, 0.15) is 5.54 Å². The van der Waals surface area contributed by atoms with Crippen LogP contribution in [-0.2, 0) is 11.3 Å². The zero-order valence-electron chi connectivity index (χ0n) is 17.7. The molecule has 7 nitrogen and oxygen atoms in total. The van der Waals surface area contributed by atoms with Gasteiger partial charge in [0.25, 0.3) is 5.91 Å². The first-order valence-electron chi connectivity index (χ1n) is 10.1. The number of halogens is 1. The minimum Gasteiger partial charge on any atom is -0.357 e. The maximum Gasteiger partial charge on any atom is 0.322 e. The van der Waals surface area contributed by atoms with Crippen LogP contribution in [0.25, 0.3) is 0 Å². The van der Waals surface area contributed by atoms with Crippen molar-refractivity contribution >= 4 is 41.9 Å². The molecule has 160 valence electrons. The Morgan fingerprint density at radius 1 is 1.28 bits per heavy atom. The van der Waals surface area contributed by atoms with E-state index in [1.807, 2.05) is 6.92 Å². The van der Waals surface area contributed by atoms with Gasteiger partial charge in [-0.15, -0.1) is 24.0 Å². The van der Waals surface area contributed by atoms with Crippen LogP contribution >= 0.6 is 24.0 Å². The summed E-state index contributed by atoms with van der Waals surface area (Å²) in [5.41, 5.74) is 2.94. The highest BCUT2D eigenvalue weighted by molar-refractivity contribution is 14.0. The number of piperidine rings is 1. The van der Waals surface area contributed by atoms with Crippen molar-refractivity contribution in [2.24, 2.45) is 10.9 Å². The normalized spacial score (nSPS) is 22.8. The lowest BCUT2D eigenvalue weighted by Gasteiger charge is -2.39. The smallest absolute Gasteiger partial charge is 0.322 e. The molecule has 1 unspecified atom stereocenters. The van der Waals surface area contributed by atoms with Crippen molar-refractivity contribution in [3.63, 3.8) is 0 Å². The van der Waals surface area contributed by atoms with E-state index in [9.17, 15) is 9.59 Å². The lowest BCUT2D eigenvalue weighted by molar-refractivity contribution is -0.125. The Morgan fingerprint density at radius 3 is 2.52 bits per heavy atom. The number of hydrogen-bond donors (Lipinski definition) is 3. The third-order valence-electron chi connectivity index (χ3n) is 5.92. The van der Waals surface area contributed by atoms with Gasteiger partial charge in [-0.1, -0.05) is 23.8 Å². The second-order valence-corrected chi connectivity index (χ2v) is 7.97. The lowest BCUT2D eigenvalue weighted by Crippen LogP contribution is -2.55. The van der Waals surface area contributed by atoms with Gasteiger partial charge in [-0.05, 0) is 57.6 Å². The van der Waals surface area contributed by atoms with E-state index in [1.165, 1.54) is 16.7 Å². The minimum absolute atomic E-state index is 0. The summed E-state index contributed by atoms with van der Waals surface area (Å²) in [5, 5.41) is 8.57. The van der Waals surface area contributed by atoms with Gasteiger partial charge in [0.15, 0.2) is 5.96 Å². The number of amides is 3. The van der Waals surface area contributed by atoms with Crippen molar-refractivity contribution in [2.75, 3.05) is 19.6 Å². The van der Waals surface area contributed by atoms with Crippen LogP contribution < -0.4 is 16.0 Å². The third-order valence-corrected chi connectivity index (χ3v) is 5.92. The maximum absolute atomic E-state index is 12.2. The van der Waals surface area contributed by atoms with Gasteiger partial charge in [-0.25, -0.2) is 9.79 Å². The van der Waals surface area contributed by atoms with E-state index in [1.54, 1.807) is 0 Å². The number of hydrogen-bond acceptors (Lipinski definition) is 3. The number of nitrogens with zero attached hydrogens (tertiary/aromatic N) is 2. The number of likely N-dealkylation sites (tertiary alicyclic amines) is 1. The average Bonchev–Trinajstić information content (AvgIpc) is 2.93. The highest BCUT2D eigenvalue weighted by atomic mass is 127. The second-order valence-electron chi connectivity index (χ2n) is 7.97. The van der Waals surface area contributed by atoms with E-state index in [2.05, 4.69) is 59.8 Å². The molecule has 0 saturated carbocycles. The Bertz CT molecular complexity index is 789. The Hall–Kier alpha value is -1.84. The number of nitrogens with one attached hydrogen (secondary N) is 3. The Labute approximate surface area is 190 Å². The van der Waals surface area contributed by atoms with Crippen molar-refractivity contribution in [2.45, 2.75) is 52.6 Å². The molecule has 1 aromatic rings. The van der Waals surface area contributed by atoms with Crippen LogP contribution in [0.4, 0.5) is 4.79 Å². The molecule has 1 aromatic carbocycles. The van der Waals surface area contributed by atoms with Crippen LogP contribution in [0.3, 0.4) is 0 Å². The molecule has 3 N–H and O–H groups in total. The standard InChI is InChI=1S/C21H31N5O2.HI/c1-5-22-19(23-13-16-7-6-14(2)12-15(16)3)26-10-8-17(9-11-26)21(4)18(27)24-20(28)25-21;/h6-7,12,17H,5,8-11,13H2,1-4H3,(H,22,23)(H2,24,25,27,28);1H. The monoisotopic (exact) mass is 513 g/mol. The molecule has 8 heteroatoms. The average molecular weight is 513 g/mol. The van der Waals surface area contributed by atoms with Gasteiger partial charge in [-0.2, -0.15) is 0 Å². The Morgan fingerprint density at radius 2 is 1.97 bits per heavy atom. The van der Waals surface area contributed by atoms with E-state index in [0.29, 0.717) is 6.54 Å². The van der Waals surface area contributed by atoms with Gasteiger partial charge < -0.3 is 15.5 Å². The van der Waals surface area contributed by atoms with Gasteiger partial charge in [0.2, 0.25) is 0 Å². The number of imide groups is 1. The van der Waals surface area contributed by atoms with E-state index in [4.69, 9.17) is 4.99 Å². The van der Waals surface area contributed by atoms with E-state index < -0.39 is 11.6 Å². The highest BCUT2D eigenvalue weighted by Crippen LogP contribution is 2.30. The first-order chi connectivity index (χ1) is 13.3. The number of aliphatic imine (C=N–C) groups is 1. The van der Waals surface area contributed by atoms with Crippen molar-refractivity contribution in [1.82, 2.24) is 20.9 Å². The molecule has 0 spiro atoms. The minimum atomic E-state index is -0.808. The summed E-state index contributed by atoms with van der Waals surface area (Å²) in [5.74, 6) is 0.815. The summed E-state index contributed by atoms with van der Waals surface area (Å²) in [4.78, 5) is 30.8. The van der Waals surface area contributed by atoms with Crippen molar-refractivity contribution in [3.8, 4) is 0 Å². The SMILES string of the molecule is CCNC(=NCc1ccc(C)cc1C)N1CCC(C2(C)NC(=O)NC2=O)CC1.I. The summed E-state index contributed by atoms with van der Waals surface area (Å²) >= 11 is 0. The predicted molar refractivity (Wildman–Crippen MR) is 126 cm³/mol. The van der Waals surface area contributed by atoms with Crippen LogP contribution in [0.1, 0.15) is 43.4 Å². The Balaban J connectivity index is 0.00000300. The summed E-state index contributed by atoms with van der Waals surface area (Å²) in [7, 11) is 0. The molecular weight excluding hydrogens is 481 g/mol. The number of urea groups is 1. The third kappa shape index (κ3) is 5.21. The fourth-order valence-electron chi connectivity index (χ4n) is 4.12. The quantitative estimate of drug-likeness (QED) is 0.250. The van der Waals surface area contributed by atoms with Crippen molar-refractivity contribution in [3.05, 3.63) is 34.9 Å². The fourth-order valence-corrected chi connectivity index (χ4v) is 4.12. The molecule has 2 saturated heterocycles. The van der Waals surface area contributed by atoms with Gasteiger partial charge in [0, 0.05) is 19.6 Å². The van der Waals surface area contributed by atoms with Crippen LogP contribution in [0.15, 0.2) is 23.2 Å². The van der Waals surface area contributed by atoms with E-state index in [-0.39, 0.29) is 35.8 Å². The molecule has 2 aliphatic heterocycles. The first kappa shape index (κ1) is 23.4. The number of carbonyl (C=O) groups excluding carboxylic acids is 2. The highest BCUT2D eigenvalue weighted by Gasteiger charge is 2.48. The number of rotatable bonds is 4. The van der Waals surface area contributed by atoms with Crippen molar-refractivity contribution in [1.29, 1.82) is 0 Å². The number of guanidine groups is 1. The number of carbonyl (C=O) groups is 2. The van der Waals surface area contributed by atoms with Crippen LogP contribution in [0.5, 0.6) is 0 Å². The molecule has 0 radical (unpaired) electrons. The molecule has 2 heterocycles.